The predicted molar refractivity (Wildman–Crippen MR) is 64.8 cm³/mol. The van der Waals surface area contributed by atoms with E-state index in [1.807, 2.05) is 11.9 Å². The van der Waals surface area contributed by atoms with Gasteiger partial charge in [0.15, 0.2) is 0 Å². The maximum absolute atomic E-state index is 11.7. The first kappa shape index (κ1) is 14.4. The Morgan fingerprint density at radius 1 is 1.40 bits per heavy atom. The molecule has 3 nitrogen and oxygen atoms in total. The van der Waals surface area contributed by atoms with Crippen molar-refractivity contribution in [3.05, 3.63) is 0 Å². The number of carbonyl (C=O) groups is 1. The Labute approximate surface area is 94.2 Å². The standard InChI is InChI=1S/C12H26N2O/c1-7-10(2)9-14(6)11(15)8-13-12(3,4)5/h10,13H,7-9H2,1-6H3. The summed E-state index contributed by atoms with van der Waals surface area (Å²) in [6, 6.07) is 0. The normalized spacial score (nSPS) is 13.7. The number of hydrogen-bond donors (Lipinski definition) is 1. The number of likely N-dealkylation sites (N-methyl/N-ethyl adjacent to an activating group) is 1. The zero-order valence-corrected chi connectivity index (χ0v) is 11.1. The molecule has 0 aromatic rings. The molecule has 0 aliphatic heterocycles. The molecule has 3 heteroatoms. The van der Waals surface area contributed by atoms with Crippen molar-refractivity contribution in [2.45, 2.75) is 46.6 Å². The molecule has 1 amide bonds. The van der Waals surface area contributed by atoms with E-state index in [1.54, 1.807) is 0 Å². The molecule has 0 aliphatic carbocycles. The van der Waals surface area contributed by atoms with Crippen LogP contribution in [0.2, 0.25) is 0 Å². The molecule has 1 atom stereocenters. The minimum Gasteiger partial charge on any atom is -0.344 e. The highest BCUT2D eigenvalue weighted by molar-refractivity contribution is 5.78. The molecular formula is C12H26N2O. The second kappa shape index (κ2) is 6.11. The van der Waals surface area contributed by atoms with Crippen molar-refractivity contribution in [1.82, 2.24) is 10.2 Å². The summed E-state index contributed by atoms with van der Waals surface area (Å²) in [4.78, 5) is 13.5. The fourth-order valence-corrected chi connectivity index (χ4v) is 1.17. The Morgan fingerprint density at radius 3 is 2.33 bits per heavy atom. The molecule has 1 N–H and O–H groups in total. The van der Waals surface area contributed by atoms with Gasteiger partial charge >= 0.3 is 0 Å². The second-order valence-corrected chi connectivity index (χ2v) is 5.39. The molecule has 0 radical (unpaired) electrons. The fourth-order valence-electron chi connectivity index (χ4n) is 1.17. The third kappa shape index (κ3) is 7.37. The Balaban J connectivity index is 3.89. The average Bonchev–Trinajstić information content (AvgIpc) is 2.12. The van der Waals surface area contributed by atoms with E-state index in [1.165, 1.54) is 0 Å². The topological polar surface area (TPSA) is 32.3 Å². The third-order valence-electron chi connectivity index (χ3n) is 2.48. The molecule has 0 saturated carbocycles. The van der Waals surface area contributed by atoms with Crippen LogP contribution in [-0.2, 0) is 4.79 Å². The molecule has 0 aromatic heterocycles. The molecule has 90 valence electrons. The van der Waals surface area contributed by atoms with Crippen molar-refractivity contribution in [3.63, 3.8) is 0 Å². The van der Waals surface area contributed by atoms with Gasteiger partial charge in [0.05, 0.1) is 6.54 Å². The highest BCUT2D eigenvalue weighted by Crippen LogP contribution is 2.03. The smallest absolute Gasteiger partial charge is 0.236 e. The van der Waals surface area contributed by atoms with Crippen molar-refractivity contribution in [2.24, 2.45) is 5.92 Å². The highest BCUT2D eigenvalue weighted by atomic mass is 16.2. The lowest BCUT2D eigenvalue weighted by Gasteiger charge is -2.24. The van der Waals surface area contributed by atoms with Gasteiger partial charge in [-0.1, -0.05) is 20.3 Å². The van der Waals surface area contributed by atoms with Crippen molar-refractivity contribution >= 4 is 5.91 Å². The molecule has 0 spiro atoms. The van der Waals surface area contributed by atoms with Crippen LogP contribution in [0, 0.1) is 5.92 Å². The molecule has 0 rings (SSSR count). The van der Waals surface area contributed by atoms with Crippen LogP contribution in [0.15, 0.2) is 0 Å². The van der Waals surface area contributed by atoms with E-state index in [2.05, 4.69) is 39.9 Å². The molecule has 0 bridgehead atoms. The van der Waals surface area contributed by atoms with Gasteiger partial charge in [-0.05, 0) is 26.7 Å². The zero-order valence-electron chi connectivity index (χ0n) is 11.1. The van der Waals surface area contributed by atoms with E-state index in [-0.39, 0.29) is 11.4 Å². The van der Waals surface area contributed by atoms with Crippen LogP contribution in [0.4, 0.5) is 0 Å². The molecular weight excluding hydrogens is 188 g/mol. The Hall–Kier alpha value is -0.570. The van der Waals surface area contributed by atoms with Gasteiger partial charge in [-0.3, -0.25) is 4.79 Å². The molecule has 0 aliphatic rings. The molecule has 1 unspecified atom stereocenters. The summed E-state index contributed by atoms with van der Waals surface area (Å²) >= 11 is 0. The van der Waals surface area contributed by atoms with Gasteiger partial charge in [0.1, 0.15) is 0 Å². The molecule has 0 saturated heterocycles. The van der Waals surface area contributed by atoms with Gasteiger partial charge in [0.25, 0.3) is 0 Å². The summed E-state index contributed by atoms with van der Waals surface area (Å²) in [5, 5.41) is 3.20. The largest absolute Gasteiger partial charge is 0.344 e. The maximum Gasteiger partial charge on any atom is 0.236 e. The van der Waals surface area contributed by atoms with E-state index in [4.69, 9.17) is 0 Å². The SMILES string of the molecule is CCC(C)CN(C)C(=O)CNC(C)(C)C. The molecule has 0 heterocycles. The summed E-state index contributed by atoms with van der Waals surface area (Å²) in [5.41, 5.74) is 0.00682. The van der Waals surface area contributed by atoms with E-state index in [0.717, 1.165) is 13.0 Å². The van der Waals surface area contributed by atoms with Gasteiger partial charge in [0, 0.05) is 19.1 Å². The predicted octanol–water partition coefficient (Wildman–Crippen LogP) is 1.88. The van der Waals surface area contributed by atoms with Crippen molar-refractivity contribution in [1.29, 1.82) is 0 Å². The fraction of sp³-hybridized carbons (Fsp3) is 0.917. The number of nitrogens with one attached hydrogen (secondary N) is 1. The van der Waals surface area contributed by atoms with Gasteiger partial charge in [-0.25, -0.2) is 0 Å². The minimum absolute atomic E-state index is 0.00682. The van der Waals surface area contributed by atoms with Crippen LogP contribution >= 0.6 is 0 Å². The first-order chi connectivity index (χ1) is 6.76. The van der Waals surface area contributed by atoms with Crippen LogP contribution in [-0.4, -0.2) is 36.5 Å². The quantitative estimate of drug-likeness (QED) is 0.758. The summed E-state index contributed by atoms with van der Waals surface area (Å²) in [7, 11) is 1.87. The summed E-state index contributed by atoms with van der Waals surface area (Å²) < 4.78 is 0. The summed E-state index contributed by atoms with van der Waals surface area (Å²) in [5.74, 6) is 0.749. The lowest BCUT2D eigenvalue weighted by Crippen LogP contribution is -2.44. The Kier molecular flexibility index (Phi) is 5.88. The summed E-state index contributed by atoms with van der Waals surface area (Å²) in [6.07, 6.45) is 1.12. The van der Waals surface area contributed by atoms with Crippen LogP contribution < -0.4 is 5.32 Å². The number of hydrogen-bond acceptors (Lipinski definition) is 2. The van der Waals surface area contributed by atoms with Gasteiger partial charge in [0.2, 0.25) is 5.91 Å². The van der Waals surface area contributed by atoms with Crippen molar-refractivity contribution in [3.8, 4) is 0 Å². The van der Waals surface area contributed by atoms with Crippen LogP contribution in [0.25, 0.3) is 0 Å². The first-order valence-corrected chi connectivity index (χ1v) is 5.75. The lowest BCUT2D eigenvalue weighted by molar-refractivity contribution is -0.129. The highest BCUT2D eigenvalue weighted by Gasteiger charge is 2.15. The van der Waals surface area contributed by atoms with Crippen molar-refractivity contribution in [2.75, 3.05) is 20.1 Å². The maximum atomic E-state index is 11.7. The van der Waals surface area contributed by atoms with Gasteiger partial charge in [-0.15, -0.1) is 0 Å². The second-order valence-electron chi connectivity index (χ2n) is 5.39. The van der Waals surface area contributed by atoms with Gasteiger partial charge < -0.3 is 10.2 Å². The Bertz CT molecular complexity index is 196. The number of carbonyl (C=O) groups excluding carboxylic acids is 1. The van der Waals surface area contributed by atoms with E-state index in [0.29, 0.717) is 12.5 Å². The number of amides is 1. The summed E-state index contributed by atoms with van der Waals surface area (Å²) in [6.45, 7) is 11.8. The minimum atomic E-state index is 0.00682. The van der Waals surface area contributed by atoms with E-state index < -0.39 is 0 Å². The first-order valence-electron chi connectivity index (χ1n) is 5.75. The van der Waals surface area contributed by atoms with Crippen molar-refractivity contribution < 1.29 is 4.79 Å². The van der Waals surface area contributed by atoms with Gasteiger partial charge in [-0.2, -0.15) is 0 Å². The number of nitrogens with zero attached hydrogens (tertiary/aromatic N) is 1. The van der Waals surface area contributed by atoms with E-state index in [9.17, 15) is 4.79 Å². The number of rotatable bonds is 5. The van der Waals surface area contributed by atoms with Crippen LogP contribution in [0.5, 0.6) is 0 Å². The van der Waals surface area contributed by atoms with E-state index >= 15 is 0 Å². The molecule has 0 fully saturated rings. The third-order valence-corrected chi connectivity index (χ3v) is 2.48. The monoisotopic (exact) mass is 214 g/mol. The Morgan fingerprint density at radius 2 is 1.93 bits per heavy atom. The van der Waals surface area contributed by atoms with Crippen LogP contribution in [0.3, 0.4) is 0 Å². The zero-order chi connectivity index (χ0) is 12.1. The van der Waals surface area contributed by atoms with Crippen LogP contribution in [0.1, 0.15) is 41.0 Å². The molecule has 15 heavy (non-hydrogen) atoms. The average molecular weight is 214 g/mol. The lowest BCUT2D eigenvalue weighted by atomic mass is 10.1. The molecule has 0 aromatic carbocycles.